The number of hydrogen-bond acceptors (Lipinski definition) is 4. The van der Waals surface area contributed by atoms with Crippen LogP contribution in [0.3, 0.4) is 0 Å². The van der Waals surface area contributed by atoms with Crippen LogP contribution in [0.1, 0.15) is 5.76 Å². The molecule has 3 rings (SSSR count). The lowest BCUT2D eigenvalue weighted by Crippen LogP contribution is -3.13. The van der Waals surface area contributed by atoms with Gasteiger partial charge in [0.05, 0.1) is 37.9 Å². The Hall–Kier alpha value is -2.41. The van der Waals surface area contributed by atoms with E-state index in [-0.39, 0.29) is 11.7 Å². The molecule has 0 amide bonds. The molecule has 0 atom stereocenters. The average Bonchev–Trinajstić information content (AvgIpc) is 2.98. The molecule has 1 aliphatic rings. The minimum atomic E-state index is -0.533. The zero-order chi connectivity index (χ0) is 15.5. The predicted octanol–water partition coefficient (Wildman–Crippen LogP) is 1.23. The van der Waals surface area contributed by atoms with Crippen LogP contribution < -0.4 is 9.80 Å². The predicted molar refractivity (Wildman–Crippen MR) is 78.4 cm³/mol. The van der Waals surface area contributed by atoms with E-state index in [4.69, 9.17) is 4.42 Å². The molecule has 2 aromatic rings. The van der Waals surface area contributed by atoms with Gasteiger partial charge in [-0.3, -0.25) is 10.1 Å². The normalized spacial score (nSPS) is 16.0. The van der Waals surface area contributed by atoms with Gasteiger partial charge in [-0.05, 0) is 18.2 Å². The summed E-state index contributed by atoms with van der Waals surface area (Å²) in [5.74, 6) is 0.188. The summed E-state index contributed by atoms with van der Waals surface area (Å²) in [6.07, 6.45) is 0. The van der Waals surface area contributed by atoms with Crippen molar-refractivity contribution in [2.24, 2.45) is 0 Å². The maximum absolute atomic E-state index is 13.8. The van der Waals surface area contributed by atoms with Crippen LogP contribution in [0, 0.1) is 15.9 Å². The lowest BCUT2D eigenvalue weighted by atomic mass is 10.2. The number of hydrogen-bond donors (Lipinski definition) is 1. The molecule has 0 aliphatic carbocycles. The van der Waals surface area contributed by atoms with E-state index in [0.29, 0.717) is 18.0 Å². The summed E-state index contributed by atoms with van der Waals surface area (Å²) in [6, 6.07) is 9.80. The van der Waals surface area contributed by atoms with Gasteiger partial charge in [0.25, 0.3) is 0 Å². The summed E-state index contributed by atoms with van der Waals surface area (Å²) >= 11 is 0. The maximum Gasteiger partial charge on any atom is 0.433 e. The van der Waals surface area contributed by atoms with E-state index in [1.807, 2.05) is 11.0 Å². The van der Waals surface area contributed by atoms with E-state index < -0.39 is 4.92 Å². The van der Waals surface area contributed by atoms with Gasteiger partial charge in [0, 0.05) is 0 Å². The van der Waals surface area contributed by atoms with Crippen LogP contribution in [-0.4, -0.2) is 31.1 Å². The summed E-state index contributed by atoms with van der Waals surface area (Å²) in [5, 5.41) is 10.6. The second kappa shape index (κ2) is 6.15. The van der Waals surface area contributed by atoms with Crippen molar-refractivity contribution in [2.45, 2.75) is 6.54 Å². The smallest absolute Gasteiger partial charge is 0.400 e. The molecule has 1 aromatic carbocycles. The van der Waals surface area contributed by atoms with Gasteiger partial charge < -0.3 is 14.2 Å². The zero-order valence-corrected chi connectivity index (χ0v) is 12.0. The second-order valence-electron chi connectivity index (χ2n) is 5.36. The van der Waals surface area contributed by atoms with Crippen LogP contribution in [-0.2, 0) is 6.54 Å². The van der Waals surface area contributed by atoms with Crippen LogP contribution >= 0.6 is 0 Å². The zero-order valence-electron chi connectivity index (χ0n) is 12.0. The van der Waals surface area contributed by atoms with Crippen molar-refractivity contribution >= 4 is 11.6 Å². The third-order valence-corrected chi connectivity index (χ3v) is 3.92. The minimum absolute atomic E-state index is 0.201. The molecular formula is C15H17FN3O3+. The lowest BCUT2D eigenvalue weighted by molar-refractivity contribution is -0.915. The van der Waals surface area contributed by atoms with Crippen molar-refractivity contribution in [3.63, 3.8) is 0 Å². The summed E-state index contributed by atoms with van der Waals surface area (Å²) in [6.45, 7) is 3.78. The van der Waals surface area contributed by atoms with Crippen molar-refractivity contribution in [1.82, 2.24) is 0 Å². The summed E-state index contributed by atoms with van der Waals surface area (Å²) in [7, 11) is 0. The van der Waals surface area contributed by atoms with Crippen molar-refractivity contribution in [3.8, 4) is 0 Å². The molecule has 1 aromatic heterocycles. The molecule has 2 heterocycles. The van der Waals surface area contributed by atoms with Crippen LogP contribution in [0.2, 0.25) is 0 Å². The Morgan fingerprint density at radius 2 is 1.95 bits per heavy atom. The Morgan fingerprint density at radius 1 is 1.23 bits per heavy atom. The first-order chi connectivity index (χ1) is 10.6. The number of anilines is 1. The number of nitro groups is 1. The highest BCUT2D eigenvalue weighted by Gasteiger charge is 2.23. The molecule has 116 valence electrons. The van der Waals surface area contributed by atoms with Gasteiger partial charge in [0.2, 0.25) is 0 Å². The number of nitrogens with zero attached hydrogens (tertiary/aromatic N) is 2. The SMILES string of the molecule is O=[N+]([O-])c1ccc(C[NH+]2CCN(c3ccccc3F)CC2)o1. The standard InChI is InChI=1S/C15H16FN3O3/c16-13-3-1-2-4-14(13)18-9-7-17(8-10-18)11-12-5-6-15(22-12)19(20)21/h1-6H,7-11H2/p+1. The topological polar surface area (TPSA) is 64.0 Å². The molecule has 1 aliphatic heterocycles. The third kappa shape index (κ3) is 3.09. The molecular weight excluding hydrogens is 289 g/mol. The largest absolute Gasteiger partial charge is 0.433 e. The van der Waals surface area contributed by atoms with Crippen molar-refractivity contribution in [1.29, 1.82) is 0 Å². The molecule has 22 heavy (non-hydrogen) atoms. The van der Waals surface area contributed by atoms with Crippen LogP contribution in [0.5, 0.6) is 0 Å². The maximum atomic E-state index is 13.8. The lowest BCUT2D eigenvalue weighted by Gasteiger charge is -2.33. The fourth-order valence-corrected chi connectivity index (χ4v) is 2.75. The number of para-hydroxylation sites is 1. The van der Waals surface area contributed by atoms with E-state index in [9.17, 15) is 14.5 Å². The van der Waals surface area contributed by atoms with Gasteiger partial charge in [-0.15, -0.1) is 0 Å². The summed E-state index contributed by atoms with van der Waals surface area (Å²) in [4.78, 5) is 13.4. The quantitative estimate of drug-likeness (QED) is 0.682. The Morgan fingerprint density at radius 3 is 2.59 bits per heavy atom. The second-order valence-corrected chi connectivity index (χ2v) is 5.36. The molecule has 1 N–H and O–H groups in total. The van der Waals surface area contributed by atoms with E-state index in [2.05, 4.69) is 0 Å². The van der Waals surface area contributed by atoms with Crippen molar-refractivity contribution in [2.75, 3.05) is 31.1 Å². The van der Waals surface area contributed by atoms with Gasteiger partial charge in [-0.1, -0.05) is 12.1 Å². The number of rotatable bonds is 4. The molecule has 0 radical (unpaired) electrons. The number of nitrogens with one attached hydrogen (secondary N) is 1. The molecule has 0 spiro atoms. The van der Waals surface area contributed by atoms with Crippen LogP contribution in [0.25, 0.3) is 0 Å². The third-order valence-electron chi connectivity index (χ3n) is 3.92. The van der Waals surface area contributed by atoms with Crippen LogP contribution in [0.4, 0.5) is 16.0 Å². The van der Waals surface area contributed by atoms with Gasteiger partial charge in [-0.25, -0.2) is 4.39 Å². The van der Waals surface area contributed by atoms with Gasteiger partial charge in [-0.2, -0.15) is 0 Å². The number of quaternary nitrogens is 1. The Labute approximate surface area is 126 Å². The highest BCUT2D eigenvalue weighted by atomic mass is 19.1. The molecule has 0 bridgehead atoms. The van der Waals surface area contributed by atoms with E-state index in [1.165, 1.54) is 17.0 Å². The summed E-state index contributed by atoms with van der Waals surface area (Å²) < 4.78 is 19.0. The highest BCUT2D eigenvalue weighted by molar-refractivity contribution is 5.47. The van der Waals surface area contributed by atoms with Gasteiger partial charge in [0.15, 0.2) is 5.76 Å². The number of piperazine rings is 1. The van der Waals surface area contributed by atoms with E-state index in [1.54, 1.807) is 18.2 Å². The first kappa shape index (κ1) is 14.5. The number of benzene rings is 1. The fraction of sp³-hybridized carbons (Fsp3) is 0.333. The Bertz CT molecular complexity index is 666. The monoisotopic (exact) mass is 306 g/mol. The van der Waals surface area contributed by atoms with Crippen LogP contribution in [0.15, 0.2) is 40.8 Å². The molecule has 7 heteroatoms. The Balaban J connectivity index is 1.57. The van der Waals surface area contributed by atoms with E-state index in [0.717, 1.165) is 26.2 Å². The highest BCUT2D eigenvalue weighted by Crippen LogP contribution is 2.18. The average molecular weight is 306 g/mol. The number of furan rings is 1. The Kier molecular flexibility index (Phi) is 4.06. The minimum Gasteiger partial charge on any atom is -0.400 e. The van der Waals surface area contributed by atoms with Gasteiger partial charge >= 0.3 is 5.88 Å². The van der Waals surface area contributed by atoms with Gasteiger partial charge in [0.1, 0.15) is 17.3 Å². The first-order valence-electron chi connectivity index (χ1n) is 7.19. The van der Waals surface area contributed by atoms with Crippen molar-refractivity contribution in [3.05, 3.63) is 58.1 Å². The molecule has 6 nitrogen and oxygen atoms in total. The van der Waals surface area contributed by atoms with Crippen molar-refractivity contribution < 1.29 is 18.6 Å². The first-order valence-corrected chi connectivity index (χ1v) is 7.19. The molecule has 0 saturated carbocycles. The molecule has 1 fully saturated rings. The molecule has 0 unspecified atom stereocenters. The fourth-order valence-electron chi connectivity index (χ4n) is 2.75. The van der Waals surface area contributed by atoms with E-state index >= 15 is 0 Å². The number of halogens is 1. The molecule has 1 saturated heterocycles. The summed E-state index contributed by atoms with van der Waals surface area (Å²) in [5.41, 5.74) is 0.634.